The van der Waals surface area contributed by atoms with Crippen molar-refractivity contribution in [3.05, 3.63) is 0 Å². The lowest BCUT2D eigenvalue weighted by Gasteiger charge is -2.33. The fourth-order valence-electron chi connectivity index (χ4n) is 2.25. The summed E-state index contributed by atoms with van der Waals surface area (Å²) in [6.45, 7) is 3.75. The number of thioether (sulfide) groups is 1. The third-order valence-electron chi connectivity index (χ3n) is 3.39. The Hall–Kier alpha value is -1.24. The Morgan fingerprint density at radius 1 is 1.14 bits per heavy atom. The van der Waals surface area contributed by atoms with Crippen molar-refractivity contribution in [1.29, 1.82) is 0 Å². The van der Waals surface area contributed by atoms with Gasteiger partial charge in [0.1, 0.15) is 5.54 Å². The molecule has 0 aliphatic carbocycles. The van der Waals surface area contributed by atoms with Gasteiger partial charge in [-0.3, -0.25) is 9.59 Å². The molecule has 0 spiro atoms. The Morgan fingerprint density at radius 3 is 2.24 bits per heavy atom. The highest BCUT2D eigenvalue weighted by Crippen LogP contribution is 2.27. The van der Waals surface area contributed by atoms with Crippen LogP contribution in [0.4, 0.5) is 0 Å². The van der Waals surface area contributed by atoms with Crippen molar-refractivity contribution in [2.75, 3.05) is 11.5 Å². The first kappa shape index (κ1) is 17.8. The van der Waals surface area contributed by atoms with Gasteiger partial charge in [0, 0.05) is 18.9 Å². The van der Waals surface area contributed by atoms with Gasteiger partial charge < -0.3 is 15.7 Å². The fourth-order valence-corrected chi connectivity index (χ4v) is 3.43. The number of nitrogens with one attached hydrogen (secondary N) is 2. The average Bonchev–Trinajstić information content (AvgIpc) is 2.38. The molecule has 6 nitrogen and oxygen atoms in total. The molecule has 2 amide bonds. The van der Waals surface area contributed by atoms with Crippen molar-refractivity contribution >= 4 is 29.5 Å². The van der Waals surface area contributed by atoms with Gasteiger partial charge in [-0.05, 0) is 44.6 Å². The summed E-state index contributed by atoms with van der Waals surface area (Å²) in [6.07, 6.45) is 1.78. The van der Waals surface area contributed by atoms with Crippen LogP contribution in [-0.2, 0) is 14.4 Å². The number of hydrogen-bond donors (Lipinski definition) is 3. The molecule has 0 radical (unpaired) electrons. The zero-order chi connectivity index (χ0) is 15.9. The molecule has 1 heterocycles. The zero-order valence-electron chi connectivity index (χ0n) is 12.6. The van der Waals surface area contributed by atoms with E-state index >= 15 is 0 Å². The van der Waals surface area contributed by atoms with Gasteiger partial charge in [-0.25, -0.2) is 4.79 Å². The molecule has 1 saturated heterocycles. The molecule has 0 saturated carbocycles. The molecule has 3 N–H and O–H groups in total. The van der Waals surface area contributed by atoms with Crippen LogP contribution in [0.25, 0.3) is 0 Å². The number of carboxylic acids is 1. The van der Waals surface area contributed by atoms with Crippen molar-refractivity contribution in [3.8, 4) is 0 Å². The van der Waals surface area contributed by atoms with Gasteiger partial charge in [-0.15, -0.1) is 0 Å². The van der Waals surface area contributed by atoms with E-state index in [1.807, 2.05) is 13.8 Å². The summed E-state index contributed by atoms with van der Waals surface area (Å²) in [4.78, 5) is 34.8. The second-order valence-corrected chi connectivity index (χ2v) is 6.85. The van der Waals surface area contributed by atoms with Crippen molar-refractivity contribution in [2.24, 2.45) is 0 Å². The Morgan fingerprint density at radius 2 is 1.71 bits per heavy atom. The van der Waals surface area contributed by atoms with Gasteiger partial charge in [-0.1, -0.05) is 0 Å². The van der Waals surface area contributed by atoms with Gasteiger partial charge in [0.2, 0.25) is 11.8 Å². The first-order valence-corrected chi connectivity index (χ1v) is 8.43. The molecule has 120 valence electrons. The number of carboxylic acid groups (broad SMARTS) is 1. The van der Waals surface area contributed by atoms with Crippen LogP contribution in [0.5, 0.6) is 0 Å². The Bertz CT molecular complexity index is 392. The van der Waals surface area contributed by atoms with Crippen LogP contribution in [-0.4, -0.2) is 46.0 Å². The van der Waals surface area contributed by atoms with Crippen molar-refractivity contribution in [1.82, 2.24) is 10.6 Å². The summed E-state index contributed by atoms with van der Waals surface area (Å²) in [5.74, 6) is 0.141. The number of hydrogen-bond acceptors (Lipinski definition) is 4. The third-order valence-corrected chi connectivity index (χ3v) is 4.38. The van der Waals surface area contributed by atoms with Gasteiger partial charge in [0.05, 0.1) is 0 Å². The molecule has 0 aromatic heterocycles. The highest BCUT2D eigenvalue weighted by molar-refractivity contribution is 7.99. The Kier molecular flexibility index (Phi) is 7.01. The fraction of sp³-hybridized carbons (Fsp3) is 0.786. The summed E-state index contributed by atoms with van der Waals surface area (Å²) in [5.41, 5.74) is -1.12. The lowest BCUT2D eigenvalue weighted by atomic mass is 9.92. The lowest BCUT2D eigenvalue weighted by molar-refractivity contribution is -0.148. The summed E-state index contributed by atoms with van der Waals surface area (Å²) >= 11 is 1.70. The Labute approximate surface area is 129 Å². The van der Waals surface area contributed by atoms with E-state index in [0.29, 0.717) is 19.3 Å². The largest absolute Gasteiger partial charge is 0.480 e. The summed E-state index contributed by atoms with van der Waals surface area (Å²) in [5, 5.41) is 14.8. The van der Waals surface area contributed by atoms with E-state index in [1.54, 1.807) is 11.8 Å². The predicted octanol–water partition coefficient (Wildman–Crippen LogP) is 1.15. The topological polar surface area (TPSA) is 95.5 Å². The molecule has 1 aliphatic rings. The number of amides is 2. The molecule has 0 unspecified atom stereocenters. The maximum Gasteiger partial charge on any atom is 0.329 e. The minimum atomic E-state index is -1.12. The normalized spacial score (nSPS) is 17.3. The number of carbonyl (C=O) groups excluding carboxylic acids is 2. The van der Waals surface area contributed by atoms with Gasteiger partial charge in [-0.2, -0.15) is 11.8 Å². The molecule has 0 aromatic carbocycles. The second kappa shape index (κ2) is 8.26. The van der Waals surface area contributed by atoms with E-state index in [0.717, 1.165) is 11.5 Å². The first-order valence-electron chi connectivity index (χ1n) is 7.27. The maximum absolute atomic E-state index is 11.9. The number of rotatable bonds is 7. The summed E-state index contributed by atoms with van der Waals surface area (Å²) in [7, 11) is 0. The van der Waals surface area contributed by atoms with E-state index < -0.39 is 11.5 Å². The zero-order valence-corrected chi connectivity index (χ0v) is 13.4. The lowest BCUT2D eigenvalue weighted by Crippen LogP contribution is -2.56. The highest BCUT2D eigenvalue weighted by atomic mass is 32.2. The quantitative estimate of drug-likeness (QED) is 0.655. The molecule has 0 aromatic rings. The van der Waals surface area contributed by atoms with E-state index in [9.17, 15) is 19.5 Å². The van der Waals surface area contributed by atoms with Gasteiger partial charge in [0.25, 0.3) is 0 Å². The van der Waals surface area contributed by atoms with Crippen LogP contribution in [0.2, 0.25) is 0 Å². The average molecular weight is 316 g/mol. The van der Waals surface area contributed by atoms with Gasteiger partial charge >= 0.3 is 5.97 Å². The molecule has 0 atom stereocenters. The van der Waals surface area contributed by atoms with Crippen molar-refractivity contribution in [3.63, 3.8) is 0 Å². The van der Waals surface area contributed by atoms with Crippen molar-refractivity contribution < 1.29 is 19.5 Å². The summed E-state index contributed by atoms with van der Waals surface area (Å²) in [6, 6.07) is 0.0846. The first-order chi connectivity index (χ1) is 9.85. The van der Waals surface area contributed by atoms with Crippen LogP contribution in [0, 0.1) is 0 Å². The van der Waals surface area contributed by atoms with Gasteiger partial charge in [0.15, 0.2) is 0 Å². The third kappa shape index (κ3) is 5.95. The molecular formula is C14H24N2O4S. The minimum absolute atomic E-state index is 0.0835. The summed E-state index contributed by atoms with van der Waals surface area (Å²) < 4.78 is 0. The van der Waals surface area contributed by atoms with E-state index in [4.69, 9.17) is 0 Å². The molecule has 0 bridgehead atoms. The maximum atomic E-state index is 11.9. The predicted molar refractivity (Wildman–Crippen MR) is 82.2 cm³/mol. The second-order valence-electron chi connectivity index (χ2n) is 5.62. The highest BCUT2D eigenvalue weighted by Gasteiger charge is 2.41. The van der Waals surface area contributed by atoms with E-state index in [1.165, 1.54) is 0 Å². The smallest absolute Gasteiger partial charge is 0.329 e. The number of carbonyl (C=O) groups is 3. The minimum Gasteiger partial charge on any atom is -0.480 e. The molecule has 1 aliphatic heterocycles. The van der Waals surface area contributed by atoms with Crippen molar-refractivity contribution in [2.45, 2.75) is 57.5 Å². The molecular weight excluding hydrogens is 292 g/mol. The van der Waals surface area contributed by atoms with E-state index in [-0.39, 0.29) is 30.7 Å². The number of aliphatic carboxylic acids is 1. The van der Waals surface area contributed by atoms with Crippen LogP contribution in [0.3, 0.4) is 0 Å². The van der Waals surface area contributed by atoms with Crippen LogP contribution < -0.4 is 10.6 Å². The van der Waals surface area contributed by atoms with E-state index in [2.05, 4.69) is 10.6 Å². The van der Waals surface area contributed by atoms with Crippen LogP contribution in [0.15, 0.2) is 0 Å². The van der Waals surface area contributed by atoms with Crippen LogP contribution in [0.1, 0.15) is 46.0 Å². The van der Waals surface area contributed by atoms with Crippen LogP contribution >= 0.6 is 11.8 Å². The molecule has 1 fully saturated rings. The molecule has 7 heteroatoms. The Balaban J connectivity index is 2.38. The SMILES string of the molecule is CC(C)NC(=O)CCCC(=O)NC1(C(=O)O)CCSCC1. The molecule has 1 rings (SSSR count). The standard InChI is InChI=1S/C14H24N2O4S/c1-10(2)15-11(17)4-3-5-12(18)16-14(13(19)20)6-8-21-9-7-14/h10H,3-9H2,1-2H3,(H,15,17)(H,16,18)(H,19,20). The monoisotopic (exact) mass is 316 g/mol. The molecule has 21 heavy (non-hydrogen) atoms.